The second-order valence-electron chi connectivity index (χ2n) is 10.2. The molecule has 182 valence electrons. The first-order valence-electron chi connectivity index (χ1n) is 13.5. The molecule has 0 saturated heterocycles. The van der Waals surface area contributed by atoms with Gasteiger partial charge in [-0.2, -0.15) is 0 Å². The summed E-state index contributed by atoms with van der Waals surface area (Å²) in [5, 5.41) is 5.05. The van der Waals surface area contributed by atoms with E-state index in [1.807, 2.05) is 0 Å². The molecule has 0 fully saturated rings. The standard InChI is InChI=1S/C38H25N/c1-2-10-26(11-3-1)28-20-21-30-25-31(23-22-29(30)24-28)39-36-18-6-4-14-32(36)34-16-8-12-27-13-9-17-35(38(27)34)33-15-5-7-19-37(33)39/h1-25H. The van der Waals surface area contributed by atoms with E-state index in [-0.39, 0.29) is 0 Å². The lowest BCUT2D eigenvalue weighted by molar-refractivity contribution is 1.29. The minimum atomic E-state index is 1.15. The topological polar surface area (TPSA) is 3.24 Å². The summed E-state index contributed by atoms with van der Waals surface area (Å²) in [6, 6.07) is 55.2. The van der Waals surface area contributed by atoms with Gasteiger partial charge in [-0.25, -0.2) is 0 Å². The SMILES string of the molecule is c1ccc(-c2ccc3cc(N4c5ccccc5-c5cccc6cccc(c56)-c5ccccc54)ccc3c2)cc1. The summed E-state index contributed by atoms with van der Waals surface area (Å²) in [5.74, 6) is 0. The molecule has 0 bridgehead atoms. The molecule has 0 spiro atoms. The number of hydrogen-bond acceptors (Lipinski definition) is 1. The normalized spacial score (nSPS) is 12.1. The van der Waals surface area contributed by atoms with Crippen LogP contribution in [0.25, 0.3) is 54.9 Å². The highest BCUT2D eigenvalue weighted by Gasteiger charge is 2.25. The Balaban J connectivity index is 1.39. The monoisotopic (exact) mass is 495 g/mol. The summed E-state index contributed by atoms with van der Waals surface area (Å²) >= 11 is 0. The van der Waals surface area contributed by atoms with Crippen LogP contribution >= 0.6 is 0 Å². The van der Waals surface area contributed by atoms with E-state index in [0.717, 1.165) is 5.69 Å². The van der Waals surface area contributed by atoms with E-state index in [2.05, 4.69) is 157 Å². The molecule has 0 N–H and O–H groups in total. The first-order valence-corrected chi connectivity index (χ1v) is 13.5. The Labute approximate surface area is 228 Å². The van der Waals surface area contributed by atoms with Crippen LogP contribution in [0.15, 0.2) is 152 Å². The number of para-hydroxylation sites is 2. The highest BCUT2D eigenvalue weighted by atomic mass is 15.1. The molecule has 0 aromatic heterocycles. The maximum Gasteiger partial charge on any atom is 0.0540 e. The van der Waals surface area contributed by atoms with Crippen LogP contribution in [0.3, 0.4) is 0 Å². The van der Waals surface area contributed by atoms with Gasteiger partial charge in [0, 0.05) is 16.8 Å². The van der Waals surface area contributed by atoms with Crippen molar-refractivity contribution in [3.63, 3.8) is 0 Å². The van der Waals surface area contributed by atoms with Gasteiger partial charge in [-0.3, -0.25) is 0 Å². The highest BCUT2D eigenvalue weighted by molar-refractivity contribution is 6.12. The molecule has 0 radical (unpaired) electrons. The Morgan fingerprint density at radius 3 is 1.59 bits per heavy atom. The fraction of sp³-hybridized carbons (Fsp3) is 0. The molecule has 1 aliphatic rings. The van der Waals surface area contributed by atoms with Crippen molar-refractivity contribution >= 4 is 38.6 Å². The predicted octanol–water partition coefficient (Wildman–Crippen LogP) is 10.8. The Kier molecular flexibility index (Phi) is 4.89. The summed E-state index contributed by atoms with van der Waals surface area (Å²) in [6.07, 6.45) is 0. The molecule has 0 saturated carbocycles. The van der Waals surface area contributed by atoms with Crippen LogP contribution in [0.5, 0.6) is 0 Å². The minimum absolute atomic E-state index is 1.15. The van der Waals surface area contributed by atoms with E-state index in [4.69, 9.17) is 0 Å². The number of hydrogen-bond donors (Lipinski definition) is 0. The molecule has 0 unspecified atom stereocenters. The quantitative estimate of drug-likeness (QED) is 0.230. The summed E-state index contributed by atoms with van der Waals surface area (Å²) in [4.78, 5) is 2.43. The Morgan fingerprint density at radius 1 is 0.333 bits per heavy atom. The van der Waals surface area contributed by atoms with Gasteiger partial charge in [-0.15, -0.1) is 0 Å². The molecule has 0 amide bonds. The van der Waals surface area contributed by atoms with E-state index in [0.29, 0.717) is 0 Å². The highest BCUT2D eigenvalue weighted by Crippen LogP contribution is 2.50. The lowest BCUT2D eigenvalue weighted by Gasteiger charge is -2.32. The second-order valence-corrected chi connectivity index (χ2v) is 10.2. The minimum Gasteiger partial charge on any atom is -0.309 e. The third-order valence-electron chi connectivity index (χ3n) is 7.96. The van der Waals surface area contributed by atoms with Crippen LogP contribution in [-0.4, -0.2) is 0 Å². The summed E-state index contributed by atoms with van der Waals surface area (Å²) in [5.41, 5.74) is 11.0. The Bertz CT molecular complexity index is 1940. The third kappa shape index (κ3) is 3.48. The molecular formula is C38H25N. The van der Waals surface area contributed by atoms with Gasteiger partial charge in [0.2, 0.25) is 0 Å². The van der Waals surface area contributed by atoms with Gasteiger partial charge in [0.15, 0.2) is 0 Å². The summed E-state index contributed by atoms with van der Waals surface area (Å²) < 4.78 is 0. The molecule has 1 nitrogen and oxygen atoms in total. The van der Waals surface area contributed by atoms with Crippen LogP contribution in [-0.2, 0) is 0 Å². The maximum absolute atomic E-state index is 2.43. The largest absolute Gasteiger partial charge is 0.309 e. The van der Waals surface area contributed by atoms with Crippen molar-refractivity contribution < 1.29 is 0 Å². The summed E-state index contributed by atoms with van der Waals surface area (Å²) in [6.45, 7) is 0. The molecule has 1 heteroatoms. The first-order chi connectivity index (χ1) is 19.3. The number of nitrogens with zero attached hydrogens (tertiary/aromatic N) is 1. The third-order valence-corrected chi connectivity index (χ3v) is 7.96. The van der Waals surface area contributed by atoms with E-state index in [1.54, 1.807) is 0 Å². The fourth-order valence-electron chi connectivity index (χ4n) is 6.17. The molecule has 0 atom stereocenters. The lowest BCUT2D eigenvalue weighted by Crippen LogP contribution is -2.13. The second kappa shape index (κ2) is 8.72. The van der Waals surface area contributed by atoms with Crippen molar-refractivity contribution in [3.05, 3.63) is 152 Å². The van der Waals surface area contributed by atoms with Crippen molar-refractivity contribution in [2.45, 2.75) is 0 Å². The van der Waals surface area contributed by atoms with E-state index in [1.165, 1.54) is 66.3 Å². The van der Waals surface area contributed by atoms with Crippen molar-refractivity contribution in [2.24, 2.45) is 0 Å². The zero-order valence-corrected chi connectivity index (χ0v) is 21.4. The van der Waals surface area contributed by atoms with Crippen LogP contribution in [0.2, 0.25) is 0 Å². The smallest absolute Gasteiger partial charge is 0.0540 e. The van der Waals surface area contributed by atoms with Crippen molar-refractivity contribution in [3.8, 4) is 33.4 Å². The van der Waals surface area contributed by atoms with Gasteiger partial charge in [-0.05, 0) is 74.1 Å². The van der Waals surface area contributed by atoms with Crippen LogP contribution in [0.4, 0.5) is 17.1 Å². The van der Waals surface area contributed by atoms with Gasteiger partial charge in [0.05, 0.1) is 11.4 Å². The van der Waals surface area contributed by atoms with Crippen LogP contribution < -0.4 is 4.90 Å². The fourth-order valence-corrected chi connectivity index (χ4v) is 6.17. The van der Waals surface area contributed by atoms with Crippen molar-refractivity contribution in [2.75, 3.05) is 4.90 Å². The van der Waals surface area contributed by atoms with Crippen LogP contribution in [0, 0.1) is 0 Å². The summed E-state index contributed by atoms with van der Waals surface area (Å²) in [7, 11) is 0. The van der Waals surface area contributed by atoms with Gasteiger partial charge < -0.3 is 4.90 Å². The molecule has 1 heterocycles. The van der Waals surface area contributed by atoms with Crippen molar-refractivity contribution in [1.82, 2.24) is 0 Å². The lowest BCUT2D eigenvalue weighted by atomic mass is 9.87. The number of rotatable bonds is 2. The molecule has 39 heavy (non-hydrogen) atoms. The van der Waals surface area contributed by atoms with Gasteiger partial charge in [-0.1, -0.05) is 121 Å². The Morgan fingerprint density at radius 2 is 0.897 bits per heavy atom. The maximum atomic E-state index is 2.43. The van der Waals surface area contributed by atoms with E-state index in [9.17, 15) is 0 Å². The molecule has 8 rings (SSSR count). The average molecular weight is 496 g/mol. The number of anilines is 3. The molecule has 7 aromatic rings. The van der Waals surface area contributed by atoms with Gasteiger partial charge in [0.1, 0.15) is 0 Å². The first kappa shape index (κ1) is 21.9. The van der Waals surface area contributed by atoms with Gasteiger partial charge in [0.25, 0.3) is 0 Å². The predicted molar refractivity (Wildman–Crippen MR) is 166 cm³/mol. The zero-order valence-electron chi connectivity index (χ0n) is 21.4. The molecule has 1 aliphatic heterocycles. The zero-order chi connectivity index (χ0) is 25.8. The van der Waals surface area contributed by atoms with Crippen molar-refractivity contribution in [1.29, 1.82) is 0 Å². The van der Waals surface area contributed by atoms with Crippen LogP contribution in [0.1, 0.15) is 0 Å². The average Bonchev–Trinajstić information content (AvgIpc) is 3.01. The van der Waals surface area contributed by atoms with Gasteiger partial charge >= 0.3 is 0 Å². The Hall–Kier alpha value is -5.14. The molecule has 7 aromatic carbocycles. The number of fused-ring (bicyclic) bond motifs is 5. The molecule has 0 aliphatic carbocycles. The van der Waals surface area contributed by atoms with E-state index < -0.39 is 0 Å². The number of benzene rings is 7. The molecular weight excluding hydrogens is 470 g/mol. The van der Waals surface area contributed by atoms with E-state index >= 15 is 0 Å².